The van der Waals surface area contributed by atoms with Crippen LogP contribution in [0.3, 0.4) is 0 Å². The van der Waals surface area contributed by atoms with Gasteiger partial charge >= 0.3 is 0 Å². The maximum absolute atomic E-state index is 13.5. The van der Waals surface area contributed by atoms with Crippen LogP contribution in [0.15, 0.2) is 6.20 Å². The van der Waals surface area contributed by atoms with Crippen LogP contribution in [0.25, 0.3) is 0 Å². The molecule has 0 saturated heterocycles. The van der Waals surface area contributed by atoms with E-state index in [4.69, 9.17) is 16.9 Å². The van der Waals surface area contributed by atoms with E-state index in [9.17, 15) is 4.39 Å². The maximum atomic E-state index is 13.5. The highest BCUT2D eigenvalue weighted by atomic mass is 35.5. The highest BCUT2D eigenvalue weighted by Crippen LogP contribution is 2.32. The molecule has 1 aromatic rings. The number of nitriles is 1. The fourth-order valence-corrected chi connectivity index (χ4v) is 1.69. The third-order valence-electron chi connectivity index (χ3n) is 2.42. The number of nitrogens with zero attached hydrogens (tertiary/aromatic N) is 4. The largest absolute Gasteiger partial charge is 0.350 e. The highest BCUT2D eigenvalue weighted by Gasteiger charge is 2.31. The second-order valence-electron chi connectivity index (χ2n) is 3.64. The molecule has 0 spiro atoms. The molecular formula is C10H10ClFN4. The Balaban J connectivity index is 2.23. The van der Waals surface area contributed by atoms with Gasteiger partial charge in [0.2, 0.25) is 5.28 Å². The summed E-state index contributed by atoms with van der Waals surface area (Å²) in [5.41, 5.74) is 0. The van der Waals surface area contributed by atoms with E-state index in [0.717, 1.165) is 19.0 Å². The lowest BCUT2D eigenvalue weighted by atomic mass is 10.3. The van der Waals surface area contributed by atoms with Gasteiger partial charge in [0.25, 0.3) is 0 Å². The van der Waals surface area contributed by atoms with Crippen molar-refractivity contribution in [2.45, 2.75) is 25.3 Å². The first-order valence-electron chi connectivity index (χ1n) is 5.04. The second-order valence-corrected chi connectivity index (χ2v) is 3.98. The second kappa shape index (κ2) is 4.62. The summed E-state index contributed by atoms with van der Waals surface area (Å²) in [7, 11) is 0. The fraction of sp³-hybridized carbons (Fsp3) is 0.500. The molecule has 1 saturated carbocycles. The molecule has 0 atom stereocenters. The Morgan fingerprint density at radius 3 is 3.00 bits per heavy atom. The highest BCUT2D eigenvalue weighted by molar-refractivity contribution is 6.28. The van der Waals surface area contributed by atoms with Crippen LogP contribution in [-0.2, 0) is 0 Å². The Morgan fingerprint density at radius 2 is 2.38 bits per heavy atom. The van der Waals surface area contributed by atoms with Gasteiger partial charge in [-0.2, -0.15) is 10.2 Å². The lowest BCUT2D eigenvalue weighted by molar-refractivity contribution is 0.599. The smallest absolute Gasteiger partial charge is 0.224 e. The predicted octanol–water partition coefficient (Wildman–Crippen LogP) is 2.15. The summed E-state index contributed by atoms with van der Waals surface area (Å²) in [6, 6.07) is 2.33. The molecule has 0 amide bonds. The molecule has 0 aromatic carbocycles. The third kappa shape index (κ3) is 2.39. The van der Waals surface area contributed by atoms with Crippen molar-refractivity contribution in [3.8, 4) is 6.07 Å². The Kier molecular flexibility index (Phi) is 3.20. The zero-order valence-corrected chi connectivity index (χ0v) is 9.28. The molecule has 1 aromatic heterocycles. The van der Waals surface area contributed by atoms with Crippen LogP contribution in [0.2, 0.25) is 5.28 Å². The third-order valence-corrected chi connectivity index (χ3v) is 2.60. The van der Waals surface area contributed by atoms with E-state index in [2.05, 4.69) is 9.97 Å². The van der Waals surface area contributed by atoms with Gasteiger partial charge in [-0.3, -0.25) is 0 Å². The molecule has 1 fully saturated rings. The Hall–Kier alpha value is -1.41. The Morgan fingerprint density at radius 1 is 1.62 bits per heavy atom. The van der Waals surface area contributed by atoms with E-state index in [1.165, 1.54) is 0 Å². The summed E-state index contributed by atoms with van der Waals surface area (Å²) in [6.07, 6.45) is 3.42. The van der Waals surface area contributed by atoms with Crippen molar-refractivity contribution in [3.05, 3.63) is 17.3 Å². The first-order valence-corrected chi connectivity index (χ1v) is 5.42. The molecule has 0 bridgehead atoms. The quantitative estimate of drug-likeness (QED) is 0.757. The minimum absolute atomic E-state index is 0.0269. The van der Waals surface area contributed by atoms with E-state index in [1.807, 2.05) is 6.07 Å². The average molecular weight is 241 g/mol. The van der Waals surface area contributed by atoms with Crippen molar-refractivity contribution in [3.63, 3.8) is 0 Å². The van der Waals surface area contributed by atoms with Gasteiger partial charge < -0.3 is 4.90 Å². The van der Waals surface area contributed by atoms with Gasteiger partial charge in [-0.1, -0.05) is 0 Å². The van der Waals surface area contributed by atoms with Crippen molar-refractivity contribution < 1.29 is 4.39 Å². The Bertz CT molecular complexity index is 427. The number of anilines is 1. The van der Waals surface area contributed by atoms with Gasteiger partial charge in [0, 0.05) is 12.6 Å². The molecule has 84 valence electrons. The van der Waals surface area contributed by atoms with Crippen LogP contribution in [0, 0.1) is 17.1 Å². The number of aromatic nitrogens is 2. The minimum Gasteiger partial charge on any atom is -0.350 e. The maximum Gasteiger partial charge on any atom is 0.224 e. The first kappa shape index (κ1) is 11.1. The Labute approximate surface area is 97.7 Å². The molecule has 16 heavy (non-hydrogen) atoms. The van der Waals surface area contributed by atoms with Gasteiger partial charge in [-0.15, -0.1) is 0 Å². The van der Waals surface area contributed by atoms with Crippen molar-refractivity contribution in [1.29, 1.82) is 5.26 Å². The number of halogens is 2. The standard InChI is InChI=1S/C10H10ClFN4/c11-10-14-6-8(12)9(15-10)16(5-1-4-13)7-2-3-7/h6-7H,1-3,5H2. The van der Waals surface area contributed by atoms with Crippen molar-refractivity contribution in [1.82, 2.24) is 9.97 Å². The van der Waals surface area contributed by atoms with Gasteiger partial charge in [-0.05, 0) is 24.4 Å². The molecule has 0 N–H and O–H groups in total. The lowest BCUT2D eigenvalue weighted by Crippen LogP contribution is -2.28. The summed E-state index contributed by atoms with van der Waals surface area (Å²) in [6.45, 7) is 0.478. The first-order chi connectivity index (χ1) is 7.72. The molecule has 6 heteroatoms. The van der Waals surface area contributed by atoms with Crippen molar-refractivity contribution >= 4 is 17.4 Å². The van der Waals surface area contributed by atoms with Crippen LogP contribution >= 0.6 is 11.6 Å². The van der Waals surface area contributed by atoms with E-state index in [1.54, 1.807) is 4.90 Å². The van der Waals surface area contributed by atoms with Crippen LogP contribution in [0.5, 0.6) is 0 Å². The van der Waals surface area contributed by atoms with Gasteiger partial charge in [0.15, 0.2) is 11.6 Å². The lowest BCUT2D eigenvalue weighted by Gasteiger charge is -2.22. The van der Waals surface area contributed by atoms with E-state index < -0.39 is 5.82 Å². The molecule has 1 heterocycles. The summed E-state index contributed by atoms with van der Waals surface area (Å²) in [5, 5.41) is 8.59. The fourth-order valence-electron chi connectivity index (χ4n) is 1.56. The summed E-state index contributed by atoms with van der Waals surface area (Å²) in [5.74, 6) is -0.285. The number of rotatable bonds is 4. The van der Waals surface area contributed by atoms with Crippen molar-refractivity contribution in [2.24, 2.45) is 0 Å². The normalized spacial score (nSPS) is 14.6. The predicted molar refractivity (Wildman–Crippen MR) is 57.6 cm³/mol. The number of hydrogen-bond donors (Lipinski definition) is 0. The van der Waals surface area contributed by atoms with Gasteiger partial charge in [-0.25, -0.2) is 9.37 Å². The summed E-state index contributed by atoms with van der Waals surface area (Å²) >= 11 is 5.64. The SMILES string of the molecule is N#CCCN(c1nc(Cl)ncc1F)C1CC1. The van der Waals surface area contributed by atoms with Crippen LogP contribution < -0.4 is 4.90 Å². The molecule has 2 rings (SSSR count). The molecule has 4 nitrogen and oxygen atoms in total. The van der Waals surface area contributed by atoms with Crippen LogP contribution in [-0.4, -0.2) is 22.6 Å². The monoisotopic (exact) mass is 240 g/mol. The molecule has 0 radical (unpaired) electrons. The topological polar surface area (TPSA) is 52.8 Å². The molecule has 0 aliphatic heterocycles. The minimum atomic E-state index is -0.491. The molecular weight excluding hydrogens is 231 g/mol. The van der Waals surface area contributed by atoms with Gasteiger partial charge in [0.05, 0.1) is 18.7 Å². The van der Waals surface area contributed by atoms with Crippen LogP contribution in [0.1, 0.15) is 19.3 Å². The summed E-state index contributed by atoms with van der Waals surface area (Å²) in [4.78, 5) is 9.25. The van der Waals surface area contributed by atoms with E-state index >= 15 is 0 Å². The van der Waals surface area contributed by atoms with Crippen molar-refractivity contribution in [2.75, 3.05) is 11.4 Å². The molecule has 1 aliphatic carbocycles. The van der Waals surface area contributed by atoms with Crippen LogP contribution in [0.4, 0.5) is 10.2 Å². The van der Waals surface area contributed by atoms with E-state index in [0.29, 0.717) is 13.0 Å². The number of hydrogen-bond acceptors (Lipinski definition) is 4. The van der Waals surface area contributed by atoms with Gasteiger partial charge in [0.1, 0.15) is 0 Å². The molecule has 0 unspecified atom stereocenters. The molecule has 1 aliphatic rings. The zero-order valence-electron chi connectivity index (χ0n) is 8.53. The van der Waals surface area contributed by atoms with E-state index in [-0.39, 0.29) is 17.1 Å². The zero-order chi connectivity index (χ0) is 11.5. The average Bonchev–Trinajstić information content (AvgIpc) is 3.08. The summed E-state index contributed by atoms with van der Waals surface area (Å²) < 4.78 is 13.5.